The van der Waals surface area contributed by atoms with Crippen molar-refractivity contribution >= 4 is 17.4 Å². The van der Waals surface area contributed by atoms with Gasteiger partial charge in [0.15, 0.2) is 5.78 Å². The number of carbonyl (C=O) groups is 2. The maximum absolute atomic E-state index is 12.8. The van der Waals surface area contributed by atoms with Crippen molar-refractivity contribution in [3.63, 3.8) is 0 Å². The molecule has 21 heavy (non-hydrogen) atoms. The number of carbonyl (C=O) groups excluding carboxylic acids is 2. The highest BCUT2D eigenvalue weighted by Gasteiger charge is 2.42. The summed E-state index contributed by atoms with van der Waals surface area (Å²) >= 11 is 0. The number of ketones is 1. The summed E-state index contributed by atoms with van der Waals surface area (Å²) in [5.41, 5.74) is 1.01. The first kappa shape index (κ1) is 15.5. The van der Waals surface area contributed by atoms with Crippen LogP contribution in [0.4, 0.5) is 5.69 Å². The van der Waals surface area contributed by atoms with Crippen molar-refractivity contribution in [2.45, 2.75) is 47.1 Å². The second-order valence-electron chi connectivity index (χ2n) is 7.02. The van der Waals surface area contributed by atoms with E-state index in [4.69, 9.17) is 0 Å². The zero-order valence-corrected chi connectivity index (χ0v) is 13.3. The van der Waals surface area contributed by atoms with Crippen LogP contribution in [0.3, 0.4) is 0 Å². The van der Waals surface area contributed by atoms with Gasteiger partial charge in [0.2, 0.25) is 5.91 Å². The molecule has 0 aliphatic carbocycles. The molecule has 0 radical (unpaired) electrons. The Morgan fingerprint density at radius 2 is 1.90 bits per heavy atom. The molecule has 0 aromatic heterocycles. The van der Waals surface area contributed by atoms with Crippen LogP contribution in [0.1, 0.15) is 40.2 Å². The summed E-state index contributed by atoms with van der Waals surface area (Å²) in [6.07, 6.45) is 0.522. The van der Waals surface area contributed by atoms with Crippen LogP contribution < -0.4 is 4.90 Å². The molecule has 1 aliphatic heterocycles. The number of hydrogen-bond donors (Lipinski definition) is 1. The summed E-state index contributed by atoms with van der Waals surface area (Å²) in [5.74, 6) is -0.0552. The monoisotopic (exact) mass is 289 g/mol. The second kappa shape index (κ2) is 5.17. The van der Waals surface area contributed by atoms with Gasteiger partial charge in [-0.15, -0.1) is 0 Å². The molecule has 4 nitrogen and oxygen atoms in total. The van der Waals surface area contributed by atoms with E-state index >= 15 is 0 Å². The van der Waals surface area contributed by atoms with Gasteiger partial charge in [0, 0.05) is 23.8 Å². The van der Waals surface area contributed by atoms with Crippen LogP contribution in [0.5, 0.6) is 5.75 Å². The minimum atomic E-state index is -0.581. The topological polar surface area (TPSA) is 57.6 Å². The van der Waals surface area contributed by atoms with Gasteiger partial charge in [0.1, 0.15) is 5.75 Å². The minimum Gasteiger partial charge on any atom is -0.508 e. The zero-order chi connectivity index (χ0) is 15.9. The molecule has 1 aliphatic rings. The molecule has 1 heterocycles. The average molecular weight is 289 g/mol. The number of phenols is 1. The predicted octanol–water partition coefficient (Wildman–Crippen LogP) is 2.92. The van der Waals surface area contributed by atoms with Gasteiger partial charge >= 0.3 is 0 Å². The largest absolute Gasteiger partial charge is 0.508 e. The van der Waals surface area contributed by atoms with Crippen molar-refractivity contribution < 1.29 is 14.7 Å². The third-order valence-electron chi connectivity index (χ3n) is 3.81. The fraction of sp³-hybridized carbons (Fsp3) is 0.529. The lowest BCUT2D eigenvalue weighted by Gasteiger charge is -2.31. The highest BCUT2D eigenvalue weighted by molar-refractivity contribution is 6.06. The highest BCUT2D eigenvalue weighted by Crippen LogP contribution is 2.38. The van der Waals surface area contributed by atoms with Crippen LogP contribution >= 0.6 is 0 Å². The zero-order valence-electron chi connectivity index (χ0n) is 13.3. The highest BCUT2D eigenvalue weighted by atomic mass is 16.3. The van der Waals surface area contributed by atoms with Crippen LogP contribution in [-0.2, 0) is 16.0 Å². The maximum atomic E-state index is 12.8. The first-order valence-electron chi connectivity index (χ1n) is 7.32. The van der Waals surface area contributed by atoms with E-state index in [9.17, 15) is 14.7 Å². The number of fused-ring (bicyclic) bond motifs is 1. The number of phenolic OH excluding ortho intramolecular Hbond substituents is 1. The number of rotatable bonds is 2. The fourth-order valence-corrected chi connectivity index (χ4v) is 2.64. The smallest absolute Gasteiger partial charge is 0.233 e. The van der Waals surface area contributed by atoms with E-state index < -0.39 is 11.5 Å². The van der Waals surface area contributed by atoms with E-state index in [1.54, 1.807) is 23.1 Å². The molecule has 0 bridgehead atoms. The lowest BCUT2D eigenvalue weighted by Crippen LogP contribution is -2.48. The summed E-state index contributed by atoms with van der Waals surface area (Å²) in [6, 6.07) is 4.50. The summed E-state index contributed by atoms with van der Waals surface area (Å²) in [5, 5.41) is 9.71. The number of nitrogens with zero attached hydrogens (tertiary/aromatic N) is 1. The van der Waals surface area contributed by atoms with Gasteiger partial charge in [-0.05, 0) is 11.6 Å². The molecule has 4 heteroatoms. The number of benzene rings is 1. The number of hydrogen-bond acceptors (Lipinski definition) is 3. The molecule has 1 aromatic rings. The Balaban J connectivity index is 2.51. The Hall–Kier alpha value is -1.84. The molecule has 0 fully saturated rings. The molecule has 0 spiro atoms. The molecule has 1 atom stereocenters. The van der Waals surface area contributed by atoms with Crippen molar-refractivity contribution in [2.24, 2.45) is 11.3 Å². The van der Waals surface area contributed by atoms with Crippen LogP contribution in [-0.4, -0.2) is 22.8 Å². The van der Waals surface area contributed by atoms with E-state index in [-0.39, 0.29) is 23.4 Å². The molecule has 1 aromatic carbocycles. The quantitative estimate of drug-likeness (QED) is 0.910. The van der Waals surface area contributed by atoms with E-state index in [1.165, 1.54) is 0 Å². The number of amides is 1. The number of Topliss-reactive ketones (excluding diaryl/α,β-unsaturated/α-hetero) is 1. The second-order valence-corrected chi connectivity index (χ2v) is 7.02. The summed E-state index contributed by atoms with van der Waals surface area (Å²) < 4.78 is 0. The third kappa shape index (κ3) is 2.80. The third-order valence-corrected chi connectivity index (χ3v) is 3.81. The Morgan fingerprint density at radius 1 is 1.29 bits per heavy atom. The van der Waals surface area contributed by atoms with Crippen LogP contribution in [0, 0.1) is 11.3 Å². The molecule has 1 N–H and O–H groups in total. The van der Waals surface area contributed by atoms with Crippen molar-refractivity contribution in [3.8, 4) is 5.75 Å². The molecule has 0 saturated carbocycles. The summed E-state index contributed by atoms with van der Waals surface area (Å²) in [4.78, 5) is 26.8. The predicted molar refractivity (Wildman–Crippen MR) is 82.4 cm³/mol. The van der Waals surface area contributed by atoms with Crippen LogP contribution in [0.2, 0.25) is 0 Å². The van der Waals surface area contributed by atoms with E-state index in [1.807, 2.05) is 34.6 Å². The summed E-state index contributed by atoms with van der Waals surface area (Å²) in [6.45, 7) is 9.22. The van der Waals surface area contributed by atoms with Gasteiger partial charge in [0.05, 0.1) is 11.7 Å². The fourth-order valence-electron chi connectivity index (χ4n) is 2.64. The molecular weight excluding hydrogens is 266 g/mol. The average Bonchev–Trinajstić information content (AvgIpc) is 2.73. The van der Waals surface area contributed by atoms with Gasteiger partial charge in [-0.2, -0.15) is 0 Å². The SMILES string of the molecule is CC(C)C(=O)C1Cc2ccc(O)cc2N1C(=O)C(C)(C)C. The molecule has 114 valence electrons. The molecule has 1 unspecified atom stereocenters. The van der Waals surface area contributed by atoms with E-state index in [0.717, 1.165) is 5.56 Å². The first-order valence-corrected chi connectivity index (χ1v) is 7.32. The lowest BCUT2D eigenvalue weighted by molar-refractivity contribution is -0.130. The Morgan fingerprint density at radius 3 is 2.43 bits per heavy atom. The van der Waals surface area contributed by atoms with Crippen LogP contribution in [0.15, 0.2) is 18.2 Å². The van der Waals surface area contributed by atoms with E-state index in [2.05, 4.69) is 0 Å². The molecule has 1 amide bonds. The Kier molecular flexibility index (Phi) is 3.83. The molecule has 0 saturated heterocycles. The lowest BCUT2D eigenvalue weighted by atomic mass is 9.92. The van der Waals surface area contributed by atoms with Gasteiger partial charge in [-0.25, -0.2) is 0 Å². The van der Waals surface area contributed by atoms with Crippen molar-refractivity contribution in [3.05, 3.63) is 23.8 Å². The van der Waals surface area contributed by atoms with Gasteiger partial charge < -0.3 is 10.0 Å². The number of aromatic hydroxyl groups is 1. The first-order chi connectivity index (χ1) is 9.62. The Labute approximate surface area is 125 Å². The maximum Gasteiger partial charge on any atom is 0.233 e. The normalized spacial score (nSPS) is 18.0. The number of anilines is 1. The standard InChI is InChI=1S/C17H23NO3/c1-10(2)15(20)14-8-11-6-7-12(19)9-13(11)18(14)16(21)17(3,4)5/h6-7,9-10,14,19H,8H2,1-5H3. The molecule has 2 rings (SSSR count). The van der Waals surface area contributed by atoms with Crippen LogP contribution in [0.25, 0.3) is 0 Å². The van der Waals surface area contributed by atoms with Gasteiger partial charge in [0.25, 0.3) is 0 Å². The Bertz CT molecular complexity index is 584. The van der Waals surface area contributed by atoms with Crippen molar-refractivity contribution in [1.29, 1.82) is 0 Å². The van der Waals surface area contributed by atoms with Crippen molar-refractivity contribution in [1.82, 2.24) is 0 Å². The van der Waals surface area contributed by atoms with Crippen molar-refractivity contribution in [2.75, 3.05) is 4.90 Å². The van der Waals surface area contributed by atoms with Gasteiger partial charge in [-0.3, -0.25) is 9.59 Å². The van der Waals surface area contributed by atoms with Gasteiger partial charge in [-0.1, -0.05) is 40.7 Å². The molecular formula is C17H23NO3. The van der Waals surface area contributed by atoms with E-state index in [0.29, 0.717) is 12.1 Å². The minimum absolute atomic E-state index is 0.0586. The summed E-state index contributed by atoms with van der Waals surface area (Å²) in [7, 11) is 0.